The molecule has 0 amide bonds. The van der Waals surface area contributed by atoms with Gasteiger partial charge in [-0.25, -0.2) is 0 Å². The maximum atomic E-state index is 10.5. The molecule has 0 saturated carbocycles. The number of hydrogen-bond donors (Lipinski definition) is 1. The van der Waals surface area contributed by atoms with Gasteiger partial charge < -0.3 is 10.1 Å². The molecule has 0 spiro atoms. The molecular formula is C9H10N2O3. The third-order valence-electron chi connectivity index (χ3n) is 2.06. The summed E-state index contributed by atoms with van der Waals surface area (Å²) in [4.78, 5) is 10.1. The van der Waals surface area contributed by atoms with Gasteiger partial charge in [0.05, 0.1) is 16.7 Å². The molecule has 1 aliphatic heterocycles. The first-order chi connectivity index (χ1) is 6.66. The van der Waals surface area contributed by atoms with Crippen LogP contribution in [0.1, 0.15) is 6.92 Å². The summed E-state index contributed by atoms with van der Waals surface area (Å²) in [6, 6.07) is 4.73. The van der Waals surface area contributed by atoms with Crippen LogP contribution >= 0.6 is 0 Å². The topological polar surface area (TPSA) is 64.4 Å². The van der Waals surface area contributed by atoms with Gasteiger partial charge in [0, 0.05) is 12.1 Å². The van der Waals surface area contributed by atoms with Gasteiger partial charge in [-0.15, -0.1) is 0 Å². The zero-order chi connectivity index (χ0) is 10.1. The Morgan fingerprint density at radius 2 is 2.43 bits per heavy atom. The average molecular weight is 194 g/mol. The monoisotopic (exact) mass is 194 g/mol. The summed E-state index contributed by atoms with van der Waals surface area (Å²) < 4.78 is 5.39. The molecule has 1 atom stereocenters. The third-order valence-corrected chi connectivity index (χ3v) is 2.06. The summed E-state index contributed by atoms with van der Waals surface area (Å²) >= 11 is 0. The summed E-state index contributed by atoms with van der Waals surface area (Å²) in [7, 11) is 0. The Bertz CT molecular complexity index is 378. The fourth-order valence-corrected chi connectivity index (χ4v) is 1.39. The van der Waals surface area contributed by atoms with Gasteiger partial charge >= 0.3 is 0 Å². The van der Waals surface area contributed by atoms with Gasteiger partial charge in [0.1, 0.15) is 12.4 Å². The smallest absolute Gasteiger partial charge is 0.271 e. The molecule has 0 saturated heterocycles. The zero-order valence-electron chi connectivity index (χ0n) is 7.69. The highest BCUT2D eigenvalue weighted by molar-refractivity contribution is 5.63. The molecule has 1 heterocycles. The van der Waals surface area contributed by atoms with E-state index in [1.54, 1.807) is 6.07 Å². The molecule has 0 aliphatic carbocycles. The van der Waals surface area contributed by atoms with Crippen LogP contribution in [0.2, 0.25) is 0 Å². The summed E-state index contributed by atoms with van der Waals surface area (Å²) in [5, 5.41) is 13.6. The Kier molecular flexibility index (Phi) is 1.99. The van der Waals surface area contributed by atoms with Gasteiger partial charge in [-0.1, -0.05) is 0 Å². The molecule has 0 fully saturated rings. The zero-order valence-corrected chi connectivity index (χ0v) is 7.69. The molecule has 74 valence electrons. The molecule has 5 heteroatoms. The van der Waals surface area contributed by atoms with E-state index in [2.05, 4.69) is 5.32 Å². The first-order valence-corrected chi connectivity index (χ1v) is 4.34. The second-order valence-electron chi connectivity index (χ2n) is 3.29. The Labute approximate surface area is 80.8 Å². The molecule has 1 aromatic carbocycles. The van der Waals surface area contributed by atoms with Crippen molar-refractivity contribution in [3.05, 3.63) is 28.3 Å². The van der Waals surface area contributed by atoms with Gasteiger partial charge in [-0.05, 0) is 13.0 Å². The van der Waals surface area contributed by atoms with E-state index in [9.17, 15) is 10.1 Å². The van der Waals surface area contributed by atoms with Crippen molar-refractivity contribution in [1.29, 1.82) is 0 Å². The van der Waals surface area contributed by atoms with Crippen molar-refractivity contribution in [2.75, 3.05) is 11.9 Å². The van der Waals surface area contributed by atoms with Crippen molar-refractivity contribution in [3.8, 4) is 5.75 Å². The highest BCUT2D eigenvalue weighted by Crippen LogP contribution is 2.32. The molecule has 0 radical (unpaired) electrons. The Morgan fingerprint density at radius 3 is 3.14 bits per heavy atom. The maximum absolute atomic E-state index is 10.5. The highest BCUT2D eigenvalue weighted by Gasteiger charge is 2.17. The van der Waals surface area contributed by atoms with Crippen molar-refractivity contribution in [1.82, 2.24) is 0 Å². The fraction of sp³-hybridized carbons (Fsp3) is 0.333. The van der Waals surface area contributed by atoms with E-state index in [0.717, 1.165) is 0 Å². The van der Waals surface area contributed by atoms with Gasteiger partial charge in [0.15, 0.2) is 0 Å². The second kappa shape index (κ2) is 3.17. The minimum absolute atomic E-state index is 0.0777. The second-order valence-corrected chi connectivity index (χ2v) is 3.29. The molecule has 0 aromatic heterocycles. The van der Waals surface area contributed by atoms with Crippen LogP contribution in [-0.4, -0.2) is 17.6 Å². The molecule has 14 heavy (non-hydrogen) atoms. The van der Waals surface area contributed by atoms with E-state index in [1.807, 2.05) is 6.92 Å². The number of benzene rings is 1. The molecule has 1 aliphatic rings. The van der Waals surface area contributed by atoms with Gasteiger partial charge in [0.2, 0.25) is 0 Å². The van der Waals surface area contributed by atoms with E-state index in [0.29, 0.717) is 18.0 Å². The van der Waals surface area contributed by atoms with E-state index in [-0.39, 0.29) is 11.7 Å². The van der Waals surface area contributed by atoms with E-state index in [4.69, 9.17) is 4.74 Å². The van der Waals surface area contributed by atoms with E-state index < -0.39 is 4.92 Å². The molecule has 0 bridgehead atoms. The molecule has 1 aromatic rings. The first-order valence-electron chi connectivity index (χ1n) is 4.34. The summed E-state index contributed by atoms with van der Waals surface area (Å²) in [6.45, 7) is 2.55. The lowest BCUT2D eigenvalue weighted by atomic mass is 10.2. The van der Waals surface area contributed by atoms with Crippen LogP contribution in [0.3, 0.4) is 0 Å². The summed E-state index contributed by atoms with van der Waals surface area (Å²) in [6.07, 6.45) is 0. The van der Waals surface area contributed by atoms with Crippen LogP contribution in [0.15, 0.2) is 18.2 Å². The number of nitro groups is 1. The summed E-state index contributed by atoms with van der Waals surface area (Å²) in [5.41, 5.74) is 0.770. The number of hydrogen-bond acceptors (Lipinski definition) is 4. The number of nitrogens with zero attached hydrogens (tertiary/aromatic N) is 1. The molecule has 5 nitrogen and oxygen atoms in total. The Hall–Kier alpha value is -1.78. The minimum atomic E-state index is -0.415. The van der Waals surface area contributed by atoms with Crippen molar-refractivity contribution in [2.24, 2.45) is 0 Å². The number of fused-ring (bicyclic) bond motifs is 1. The highest BCUT2D eigenvalue weighted by atomic mass is 16.6. The van der Waals surface area contributed by atoms with Gasteiger partial charge in [-0.3, -0.25) is 10.1 Å². The van der Waals surface area contributed by atoms with E-state index >= 15 is 0 Å². The number of nitro benzene ring substituents is 1. The van der Waals surface area contributed by atoms with Gasteiger partial charge in [0.25, 0.3) is 5.69 Å². The number of anilines is 1. The van der Waals surface area contributed by atoms with Crippen LogP contribution in [0, 0.1) is 10.1 Å². The maximum Gasteiger partial charge on any atom is 0.271 e. The number of non-ortho nitro benzene ring substituents is 1. The lowest BCUT2D eigenvalue weighted by Gasteiger charge is -2.24. The van der Waals surface area contributed by atoms with Crippen molar-refractivity contribution in [3.63, 3.8) is 0 Å². The quantitative estimate of drug-likeness (QED) is 0.546. The fourth-order valence-electron chi connectivity index (χ4n) is 1.39. The van der Waals surface area contributed by atoms with Crippen LogP contribution in [-0.2, 0) is 0 Å². The number of ether oxygens (including phenoxy) is 1. The predicted octanol–water partition coefficient (Wildman–Crippen LogP) is 1.79. The SMILES string of the molecule is C[C@@H]1COc2ccc([N+](=O)[O-])cc2N1. The van der Waals surface area contributed by atoms with Crippen molar-refractivity contribution < 1.29 is 9.66 Å². The lowest BCUT2D eigenvalue weighted by Crippen LogP contribution is -2.28. The van der Waals surface area contributed by atoms with Crippen LogP contribution in [0.5, 0.6) is 5.75 Å². The predicted molar refractivity (Wildman–Crippen MR) is 51.7 cm³/mol. The molecule has 1 N–H and O–H groups in total. The summed E-state index contributed by atoms with van der Waals surface area (Å²) in [5.74, 6) is 0.675. The largest absolute Gasteiger partial charge is 0.489 e. The lowest BCUT2D eigenvalue weighted by molar-refractivity contribution is -0.384. The number of rotatable bonds is 1. The minimum Gasteiger partial charge on any atom is -0.489 e. The Balaban J connectivity index is 2.37. The normalized spacial score (nSPS) is 19.1. The van der Waals surface area contributed by atoms with Crippen LogP contribution < -0.4 is 10.1 Å². The molecular weight excluding hydrogens is 184 g/mol. The number of nitrogens with one attached hydrogen (secondary N) is 1. The van der Waals surface area contributed by atoms with Crippen molar-refractivity contribution >= 4 is 11.4 Å². The third kappa shape index (κ3) is 1.48. The first kappa shape index (κ1) is 8.80. The average Bonchev–Trinajstić information content (AvgIpc) is 2.16. The van der Waals surface area contributed by atoms with Crippen molar-refractivity contribution in [2.45, 2.75) is 13.0 Å². The van der Waals surface area contributed by atoms with E-state index in [1.165, 1.54) is 12.1 Å². The molecule has 0 unspecified atom stereocenters. The standard InChI is InChI=1S/C9H10N2O3/c1-6-5-14-9-3-2-7(11(12)13)4-8(9)10-6/h2-4,6,10H,5H2,1H3/t6-/m1/s1. The van der Waals surface area contributed by atoms with Crippen LogP contribution in [0.4, 0.5) is 11.4 Å². The Morgan fingerprint density at radius 1 is 1.64 bits per heavy atom. The van der Waals surface area contributed by atoms with Crippen LogP contribution in [0.25, 0.3) is 0 Å². The molecule has 2 rings (SSSR count). The van der Waals surface area contributed by atoms with Gasteiger partial charge in [-0.2, -0.15) is 0 Å².